The fourth-order valence-corrected chi connectivity index (χ4v) is 1.69. The summed E-state index contributed by atoms with van der Waals surface area (Å²) in [6.07, 6.45) is -2.87. The summed E-state index contributed by atoms with van der Waals surface area (Å²) in [7, 11) is 0. The van der Waals surface area contributed by atoms with Crippen molar-refractivity contribution in [3.63, 3.8) is 0 Å². The lowest BCUT2D eigenvalue weighted by atomic mass is 9.99. The number of aldehydes is 1. The van der Waals surface area contributed by atoms with Crippen LogP contribution in [0.1, 0.15) is 28.9 Å². The van der Waals surface area contributed by atoms with Crippen molar-refractivity contribution in [1.29, 1.82) is 0 Å². The van der Waals surface area contributed by atoms with Gasteiger partial charge in [0.15, 0.2) is 12.4 Å². The van der Waals surface area contributed by atoms with E-state index in [9.17, 15) is 19.8 Å². The molecule has 0 radical (unpaired) electrons. The van der Waals surface area contributed by atoms with E-state index in [0.717, 1.165) is 0 Å². The van der Waals surface area contributed by atoms with E-state index in [2.05, 4.69) is 4.74 Å². The predicted molar refractivity (Wildman–Crippen MR) is 64.4 cm³/mol. The number of aliphatic hydroxyl groups excluding tert-OH is 2. The average Bonchev–Trinajstić information content (AvgIpc) is 2.37. The summed E-state index contributed by atoms with van der Waals surface area (Å²) in [4.78, 5) is 22.2. The molecule has 1 aromatic rings. The Morgan fingerprint density at radius 2 is 2.17 bits per heavy atom. The standard InChI is InChI=1S/C12H13ClO5/c1-2-18-12(17)11(16)10(15)7-4-3-5-9(13)8(7)6-14/h3-6,10-11,15-16H,2H2,1H3. The third-order valence-electron chi connectivity index (χ3n) is 2.35. The molecule has 2 unspecified atom stereocenters. The molecule has 6 heteroatoms. The van der Waals surface area contributed by atoms with Gasteiger partial charge < -0.3 is 14.9 Å². The predicted octanol–water partition coefficient (Wildman–Crippen LogP) is 1.11. The van der Waals surface area contributed by atoms with Crippen molar-refractivity contribution in [1.82, 2.24) is 0 Å². The SMILES string of the molecule is CCOC(=O)C(O)C(O)c1cccc(Cl)c1C=O. The van der Waals surface area contributed by atoms with Crippen LogP contribution < -0.4 is 0 Å². The summed E-state index contributed by atoms with van der Waals surface area (Å²) < 4.78 is 4.58. The summed E-state index contributed by atoms with van der Waals surface area (Å²) in [6, 6.07) is 4.38. The Balaban J connectivity index is 3.03. The molecule has 0 aromatic heterocycles. The second-order valence-corrected chi connectivity index (χ2v) is 3.91. The summed E-state index contributed by atoms with van der Waals surface area (Å²) in [5.74, 6) is -0.957. The number of esters is 1. The van der Waals surface area contributed by atoms with Crippen LogP contribution in [-0.2, 0) is 9.53 Å². The molecule has 1 aromatic carbocycles. The maximum atomic E-state index is 11.3. The van der Waals surface area contributed by atoms with Crippen molar-refractivity contribution in [2.24, 2.45) is 0 Å². The quantitative estimate of drug-likeness (QED) is 0.620. The van der Waals surface area contributed by atoms with Gasteiger partial charge in [0.1, 0.15) is 6.10 Å². The van der Waals surface area contributed by atoms with Gasteiger partial charge in [0.25, 0.3) is 0 Å². The number of benzene rings is 1. The monoisotopic (exact) mass is 272 g/mol. The third kappa shape index (κ3) is 3.07. The van der Waals surface area contributed by atoms with Crippen molar-refractivity contribution in [3.05, 3.63) is 34.3 Å². The molecule has 0 spiro atoms. The van der Waals surface area contributed by atoms with Gasteiger partial charge in [0.2, 0.25) is 0 Å². The molecule has 0 amide bonds. The first-order valence-corrected chi connectivity index (χ1v) is 5.67. The zero-order valence-corrected chi connectivity index (χ0v) is 10.4. The highest BCUT2D eigenvalue weighted by molar-refractivity contribution is 6.33. The van der Waals surface area contributed by atoms with Crippen molar-refractivity contribution >= 4 is 23.9 Å². The molecule has 0 aliphatic rings. The number of carbonyl (C=O) groups is 2. The van der Waals surface area contributed by atoms with Gasteiger partial charge in [0, 0.05) is 5.56 Å². The van der Waals surface area contributed by atoms with Crippen LogP contribution in [0.3, 0.4) is 0 Å². The largest absolute Gasteiger partial charge is 0.464 e. The van der Waals surface area contributed by atoms with Gasteiger partial charge in [-0.1, -0.05) is 23.7 Å². The number of hydrogen-bond donors (Lipinski definition) is 2. The topological polar surface area (TPSA) is 83.8 Å². The minimum atomic E-state index is -1.76. The molecule has 0 bridgehead atoms. The van der Waals surface area contributed by atoms with Crippen molar-refractivity contribution < 1.29 is 24.5 Å². The van der Waals surface area contributed by atoms with E-state index >= 15 is 0 Å². The number of carbonyl (C=O) groups excluding carboxylic acids is 2. The summed E-state index contributed by atoms with van der Waals surface area (Å²) in [5, 5.41) is 19.6. The molecule has 18 heavy (non-hydrogen) atoms. The van der Waals surface area contributed by atoms with Gasteiger partial charge in [-0.3, -0.25) is 4.79 Å². The smallest absolute Gasteiger partial charge is 0.338 e. The van der Waals surface area contributed by atoms with Gasteiger partial charge in [0.05, 0.1) is 11.6 Å². The van der Waals surface area contributed by atoms with Gasteiger partial charge >= 0.3 is 5.97 Å². The zero-order valence-electron chi connectivity index (χ0n) is 9.67. The first kappa shape index (κ1) is 14.6. The Kier molecular flexibility index (Phi) is 5.27. The molecule has 0 aliphatic heterocycles. The van der Waals surface area contributed by atoms with E-state index < -0.39 is 18.2 Å². The number of rotatable bonds is 5. The molecule has 0 saturated carbocycles. The van der Waals surface area contributed by atoms with Crippen molar-refractivity contribution in [2.45, 2.75) is 19.1 Å². The molecule has 98 valence electrons. The third-order valence-corrected chi connectivity index (χ3v) is 2.68. The Bertz CT molecular complexity index is 446. The van der Waals surface area contributed by atoms with Crippen molar-refractivity contribution in [3.8, 4) is 0 Å². The Labute approximate surface area is 109 Å². The number of halogens is 1. The lowest BCUT2D eigenvalue weighted by Gasteiger charge is -2.18. The maximum Gasteiger partial charge on any atom is 0.338 e. The molecule has 5 nitrogen and oxygen atoms in total. The highest BCUT2D eigenvalue weighted by atomic mass is 35.5. The van der Waals surface area contributed by atoms with Crippen LogP contribution in [0, 0.1) is 0 Å². The zero-order chi connectivity index (χ0) is 13.7. The van der Waals surface area contributed by atoms with E-state index in [4.69, 9.17) is 11.6 Å². The molecule has 2 atom stereocenters. The van der Waals surface area contributed by atoms with Gasteiger partial charge in [-0.05, 0) is 18.6 Å². The number of ether oxygens (including phenoxy) is 1. The van der Waals surface area contributed by atoms with Crippen LogP contribution >= 0.6 is 11.6 Å². The van der Waals surface area contributed by atoms with E-state index in [1.807, 2.05) is 0 Å². The first-order valence-electron chi connectivity index (χ1n) is 5.29. The Morgan fingerprint density at radius 3 is 2.72 bits per heavy atom. The van der Waals surface area contributed by atoms with E-state index in [0.29, 0.717) is 6.29 Å². The second kappa shape index (κ2) is 6.49. The fraction of sp³-hybridized carbons (Fsp3) is 0.333. The minimum Gasteiger partial charge on any atom is -0.464 e. The summed E-state index contributed by atoms with van der Waals surface area (Å²) >= 11 is 5.78. The Hall–Kier alpha value is -1.43. The molecule has 0 heterocycles. The van der Waals surface area contributed by atoms with Crippen molar-refractivity contribution in [2.75, 3.05) is 6.61 Å². The Morgan fingerprint density at radius 1 is 1.50 bits per heavy atom. The lowest BCUT2D eigenvalue weighted by Crippen LogP contribution is -2.30. The summed E-state index contributed by atoms with van der Waals surface area (Å²) in [5.41, 5.74) is 0.119. The molecule has 2 N–H and O–H groups in total. The van der Waals surface area contributed by atoms with Gasteiger partial charge in [-0.15, -0.1) is 0 Å². The van der Waals surface area contributed by atoms with Crippen LogP contribution in [0.25, 0.3) is 0 Å². The first-order chi connectivity index (χ1) is 8.52. The summed E-state index contributed by atoms with van der Waals surface area (Å²) in [6.45, 7) is 1.66. The van der Waals surface area contributed by atoms with Crippen LogP contribution in [0.5, 0.6) is 0 Å². The van der Waals surface area contributed by atoms with E-state index in [1.54, 1.807) is 6.92 Å². The van der Waals surface area contributed by atoms with E-state index in [1.165, 1.54) is 18.2 Å². The molecule has 0 aliphatic carbocycles. The normalized spacial score (nSPS) is 13.8. The van der Waals surface area contributed by atoms with Crippen LogP contribution in [0.2, 0.25) is 5.02 Å². The average molecular weight is 273 g/mol. The highest BCUT2D eigenvalue weighted by Crippen LogP contribution is 2.26. The molecule has 0 fully saturated rings. The number of aliphatic hydroxyl groups is 2. The highest BCUT2D eigenvalue weighted by Gasteiger charge is 2.29. The van der Waals surface area contributed by atoms with Gasteiger partial charge in [-0.25, -0.2) is 4.79 Å². The maximum absolute atomic E-state index is 11.3. The minimum absolute atomic E-state index is 0.0371. The molecule has 1 rings (SSSR count). The van der Waals surface area contributed by atoms with Crippen LogP contribution in [0.15, 0.2) is 18.2 Å². The van der Waals surface area contributed by atoms with Gasteiger partial charge in [-0.2, -0.15) is 0 Å². The lowest BCUT2D eigenvalue weighted by molar-refractivity contribution is -0.159. The molecule has 0 saturated heterocycles. The van der Waals surface area contributed by atoms with E-state index in [-0.39, 0.29) is 22.8 Å². The van der Waals surface area contributed by atoms with Crippen LogP contribution in [0.4, 0.5) is 0 Å². The second-order valence-electron chi connectivity index (χ2n) is 3.50. The molecular weight excluding hydrogens is 260 g/mol. The fourth-order valence-electron chi connectivity index (χ4n) is 1.46. The van der Waals surface area contributed by atoms with Crippen LogP contribution in [-0.4, -0.2) is 35.2 Å². The molecular formula is C12H13ClO5. The number of hydrogen-bond acceptors (Lipinski definition) is 5.